The number of nitro groups is 2. The molecule has 2 saturated heterocycles. The Morgan fingerprint density at radius 1 is 0.682 bits per heavy atom. The molecule has 348 valence electrons. The van der Waals surface area contributed by atoms with E-state index in [0.717, 1.165) is 89.0 Å². The van der Waals surface area contributed by atoms with Gasteiger partial charge >= 0.3 is 11.9 Å². The number of carbonyl (C=O) groups excluding carboxylic acids is 2. The smallest absolute Gasteiger partial charge is 0.306 e. The van der Waals surface area contributed by atoms with Crippen molar-refractivity contribution in [2.45, 2.75) is 104 Å². The summed E-state index contributed by atoms with van der Waals surface area (Å²) in [4.78, 5) is 60.0. The van der Waals surface area contributed by atoms with Gasteiger partial charge in [-0.1, -0.05) is 18.2 Å². The quantitative estimate of drug-likeness (QED) is 0.0679. The number of rotatable bonds is 11. The molecule has 2 aliphatic rings. The number of pyridine rings is 2. The second-order valence-electron chi connectivity index (χ2n) is 19.4. The van der Waals surface area contributed by atoms with E-state index in [4.69, 9.17) is 13.9 Å². The van der Waals surface area contributed by atoms with Crippen molar-refractivity contribution in [1.29, 1.82) is 0 Å². The van der Waals surface area contributed by atoms with Crippen molar-refractivity contribution in [1.82, 2.24) is 19.8 Å². The molecule has 0 radical (unpaired) electrons. The Morgan fingerprint density at radius 2 is 1.15 bits per heavy atom. The molecule has 0 N–H and O–H groups in total. The second-order valence-corrected chi connectivity index (χ2v) is 20.2. The summed E-state index contributed by atoms with van der Waals surface area (Å²) in [5, 5.41) is 27.8. The molecule has 3 aromatic heterocycles. The van der Waals surface area contributed by atoms with Crippen LogP contribution in [-0.2, 0) is 32.2 Å². The maximum absolute atomic E-state index is 12.2. The van der Waals surface area contributed by atoms with Gasteiger partial charge in [0, 0.05) is 100 Å². The van der Waals surface area contributed by atoms with E-state index in [1.165, 1.54) is 0 Å². The average molecular weight is 966 g/mol. The van der Waals surface area contributed by atoms with Crippen molar-refractivity contribution < 1.29 is 33.3 Å². The highest BCUT2D eigenvalue weighted by atomic mass is 79.9. The monoisotopic (exact) mass is 964 g/mol. The molecule has 5 heterocycles. The SMILES string of the molecule is CC(C)(C)OC(=O)CC1CCN(Cc2cc3c(-c4cc5ccccc5o4)cncc3cc2[N+](=O)[O-])CC1.CC(C)(C)OC(=O)CC1CCN(Cc2cc3c(Br)cncc3cc2[N+](=O)[O-])CC1. The molecule has 0 aliphatic carbocycles. The topological polar surface area (TPSA) is 184 Å². The normalized spacial score (nSPS) is 15.7. The van der Waals surface area contributed by atoms with Gasteiger partial charge in [-0.05, 0) is 156 Å². The fourth-order valence-corrected chi connectivity index (χ4v) is 9.25. The number of halogens is 1. The summed E-state index contributed by atoms with van der Waals surface area (Å²) in [7, 11) is 0. The fraction of sp³-hybridized carbons (Fsp3) is 0.440. The van der Waals surface area contributed by atoms with Gasteiger partial charge in [0.2, 0.25) is 0 Å². The molecule has 15 nitrogen and oxygen atoms in total. The van der Waals surface area contributed by atoms with Crippen LogP contribution in [0.25, 0.3) is 43.8 Å². The van der Waals surface area contributed by atoms with Gasteiger partial charge in [0.25, 0.3) is 11.4 Å². The number of piperidine rings is 2. The van der Waals surface area contributed by atoms with Crippen molar-refractivity contribution in [3.05, 3.63) is 115 Å². The average Bonchev–Trinajstić information content (AvgIpc) is 3.68. The number of benzene rings is 3. The Labute approximate surface area is 392 Å². The first kappa shape index (κ1) is 48.1. The lowest BCUT2D eigenvalue weighted by atomic mass is 9.93. The van der Waals surface area contributed by atoms with Crippen molar-refractivity contribution in [3.8, 4) is 11.3 Å². The minimum absolute atomic E-state index is 0.0898. The van der Waals surface area contributed by atoms with E-state index in [1.54, 1.807) is 36.9 Å². The number of nitro benzene ring substituents is 2. The third-order valence-corrected chi connectivity index (χ3v) is 12.5. The van der Waals surface area contributed by atoms with Crippen molar-refractivity contribution in [3.63, 3.8) is 0 Å². The molecule has 0 bridgehead atoms. The highest BCUT2D eigenvalue weighted by molar-refractivity contribution is 9.10. The molecule has 6 aromatic rings. The molecule has 0 spiro atoms. The zero-order valence-electron chi connectivity index (χ0n) is 38.4. The van der Waals surface area contributed by atoms with Crippen LogP contribution in [-0.4, -0.2) is 78.9 Å². The van der Waals surface area contributed by atoms with Crippen LogP contribution in [0.3, 0.4) is 0 Å². The number of fused-ring (bicyclic) bond motifs is 3. The number of para-hydroxylation sites is 1. The van der Waals surface area contributed by atoms with Crippen molar-refractivity contribution >= 4 is 71.8 Å². The largest absolute Gasteiger partial charge is 0.460 e. The van der Waals surface area contributed by atoms with Gasteiger partial charge in [-0.3, -0.25) is 49.6 Å². The molecule has 2 fully saturated rings. The van der Waals surface area contributed by atoms with Gasteiger partial charge in [0.1, 0.15) is 22.5 Å². The van der Waals surface area contributed by atoms with Gasteiger partial charge in [-0.2, -0.15) is 0 Å². The van der Waals surface area contributed by atoms with Crippen LogP contribution in [0.5, 0.6) is 0 Å². The van der Waals surface area contributed by atoms with E-state index in [9.17, 15) is 29.8 Å². The van der Waals surface area contributed by atoms with Gasteiger partial charge < -0.3 is 13.9 Å². The number of hydrogen-bond acceptors (Lipinski definition) is 13. The molecule has 0 unspecified atom stereocenters. The molecule has 0 atom stereocenters. The molecule has 0 amide bonds. The third-order valence-electron chi connectivity index (χ3n) is 11.9. The highest BCUT2D eigenvalue weighted by Crippen LogP contribution is 2.37. The molecule has 3 aromatic carbocycles. The van der Waals surface area contributed by atoms with E-state index in [2.05, 4.69) is 35.7 Å². The summed E-state index contributed by atoms with van der Waals surface area (Å²) >= 11 is 3.48. The van der Waals surface area contributed by atoms with Gasteiger partial charge in [-0.25, -0.2) is 0 Å². The van der Waals surface area contributed by atoms with Crippen LogP contribution in [0, 0.1) is 32.1 Å². The Kier molecular flexibility index (Phi) is 14.8. The Hall–Kier alpha value is -5.84. The fourth-order valence-electron chi connectivity index (χ4n) is 8.79. The first-order valence-electron chi connectivity index (χ1n) is 22.4. The van der Waals surface area contributed by atoms with E-state index in [1.807, 2.05) is 84.0 Å². The minimum atomic E-state index is -0.483. The molecule has 66 heavy (non-hydrogen) atoms. The summed E-state index contributed by atoms with van der Waals surface area (Å²) in [6.07, 6.45) is 11.1. The minimum Gasteiger partial charge on any atom is -0.460 e. The molecular weight excluding hydrogens is 908 g/mol. The molecule has 16 heteroatoms. The van der Waals surface area contributed by atoms with Crippen molar-refractivity contribution in [2.24, 2.45) is 11.8 Å². The van der Waals surface area contributed by atoms with Gasteiger partial charge in [0.15, 0.2) is 0 Å². The Morgan fingerprint density at radius 3 is 1.64 bits per heavy atom. The Balaban J connectivity index is 0.000000203. The number of furan rings is 1. The maximum Gasteiger partial charge on any atom is 0.306 e. The summed E-state index contributed by atoms with van der Waals surface area (Å²) in [5.74, 6) is 0.931. The number of aromatic nitrogens is 2. The van der Waals surface area contributed by atoms with Crippen LogP contribution < -0.4 is 0 Å². The molecule has 8 rings (SSSR count). The van der Waals surface area contributed by atoms with E-state index in [0.29, 0.717) is 54.1 Å². The highest BCUT2D eigenvalue weighted by Gasteiger charge is 2.29. The standard InChI is InChI=1S/C29H31N3O5.C21H26BrN3O4/c1-29(2,3)37-28(33)12-19-8-10-31(11-9-19)18-22-13-23-21(14-25(22)32(34)35)16-30-17-24(23)27-15-20-6-4-5-7-26(20)36-27;1-21(2,3)29-20(26)8-14-4-6-24(7-5-14)13-16-9-17-15(10-19(16)25(27)28)11-23-12-18(17)22/h4-7,13-17,19H,8-12,18H2,1-3H3;9-12,14H,4-8,13H2,1-3H3. The molecular formula is C50H57BrN6O9. The first-order valence-corrected chi connectivity index (χ1v) is 23.2. The third kappa shape index (κ3) is 12.5. The zero-order chi connectivity index (χ0) is 47.3. The van der Waals surface area contributed by atoms with E-state index in [-0.39, 0.29) is 39.1 Å². The number of carbonyl (C=O) groups is 2. The lowest BCUT2D eigenvalue weighted by Crippen LogP contribution is -2.35. The van der Waals surface area contributed by atoms with Crippen LogP contribution in [0.2, 0.25) is 0 Å². The predicted molar refractivity (Wildman–Crippen MR) is 257 cm³/mol. The number of likely N-dealkylation sites (tertiary alicyclic amines) is 2. The zero-order valence-corrected chi connectivity index (χ0v) is 40.0. The first-order chi connectivity index (χ1) is 31.3. The summed E-state index contributed by atoms with van der Waals surface area (Å²) in [6, 6.07) is 16.8. The predicted octanol–water partition coefficient (Wildman–Crippen LogP) is 11.3. The number of hydrogen-bond donors (Lipinski definition) is 0. The number of ether oxygens (including phenoxy) is 2. The lowest BCUT2D eigenvalue weighted by Gasteiger charge is -2.32. The number of nitrogens with zero attached hydrogens (tertiary/aromatic N) is 6. The van der Waals surface area contributed by atoms with E-state index < -0.39 is 11.2 Å². The van der Waals surface area contributed by atoms with Crippen LogP contribution in [0.1, 0.15) is 91.2 Å². The lowest BCUT2D eigenvalue weighted by molar-refractivity contribution is -0.385. The second kappa shape index (κ2) is 20.4. The summed E-state index contributed by atoms with van der Waals surface area (Å²) < 4.78 is 17.8. The van der Waals surface area contributed by atoms with Crippen molar-refractivity contribution in [2.75, 3.05) is 26.2 Å². The van der Waals surface area contributed by atoms with Gasteiger partial charge in [0.05, 0.1) is 9.85 Å². The van der Waals surface area contributed by atoms with Crippen LogP contribution >= 0.6 is 15.9 Å². The van der Waals surface area contributed by atoms with Crippen LogP contribution in [0.4, 0.5) is 11.4 Å². The molecule has 0 saturated carbocycles. The van der Waals surface area contributed by atoms with E-state index >= 15 is 0 Å². The summed E-state index contributed by atoms with van der Waals surface area (Å²) in [5.41, 5.74) is 2.21. The summed E-state index contributed by atoms with van der Waals surface area (Å²) in [6.45, 7) is 15.4. The van der Waals surface area contributed by atoms with Gasteiger partial charge in [-0.15, -0.1) is 0 Å². The maximum atomic E-state index is 12.2. The number of esters is 2. The Bertz CT molecular complexity index is 2710. The molecule has 2 aliphatic heterocycles. The van der Waals surface area contributed by atoms with Crippen LogP contribution in [0.15, 0.2) is 88.3 Å².